The third-order valence-corrected chi connectivity index (χ3v) is 2.59. The maximum Gasteiger partial charge on any atom is 0.236 e. The Kier molecular flexibility index (Phi) is 6.92. The lowest BCUT2D eigenvalue weighted by atomic mass is 10.3. The number of hydrogen-bond donors (Lipinski definition) is 3. The molecule has 106 valence electrons. The van der Waals surface area contributed by atoms with E-state index in [-0.39, 0.29) is 18.6 Å². The summed E-state index contributed by atoms with van der Waals surface area (Å²) in [6.07, 6.45) is -0.655. The fourth-order valence-electron chi connectivity index (χ4n) is 1.50. The fraction of sp³-hybridized carbons (Fsp3) is 0.500. The molecule has 2 atom stereocenters. The van der Waals surface area contributed by atoms with Crippen molar-refractivity contribution < 1.29 is 14.6 Å². The number of ether oxygens (including phenoxy) is 1. The molecule has 1 rings (SSSR count). The SMILES string of the molecule is CCNC(=O)C(C)NCC(O)COc1ccccc1. The summed E-state index contributed by atoms with van der Waals surface area (Å²) < 4.78 is 5.42. The average Bonchev–Trinajstić information content (AvgIpc) is 2.43. The second-order valence-corrected chi connectivity index (χ2v) is 4.30. The molecule has 1 aromatic rings. The van der Waals surface area contributed by atoms with Crippen molar-refractivity contribution in [3.8, 4) is 5.75 Å². The predicted octanol–water partition coefficient (Wildman–Crippen LogP) is 0.541. The summed E-state index contributed by atoms with van der Waals surface area (Å²) in [6.45, 7) is 4.73. The highest BCUT2D eigenvalue weighted by molar-refractivity contribution is 5.81. The topological polar surface area (TPSA) is 70.6 Å². The highest BCUT2D eigenvalue weighted by Crippen LogP contribution is 2.08. The Morgan fingerprint density at radius 2 is 2.05 bits per heavy atom. The molecular weight excluding hydrogens is 244 g/mol. The van der Waals surface area contributed by atoms with E-state index in [9.17, 15) is 9.90 Å². The van der Waals surface area contributed by atoms with Crippen molar-refractivity contribution in [1.29, 1.82) is 0 Å². The largest absolute Gasteiger partial charge is 0.491 e. The first-order valence-corrected chi connectivity index (χ1v) is 6.50. The summed E-state index contributed by atoms with van der Waals surface area (Å²) in [5.41, 5.74) is 0. The molecule has 3 N–H and O–H groups in total. The van der Waals surface area contributed by atoms with Crippen LogP contribution in [-0.4, -0.2) is 42.9 Å². The highest BCUT2D eigenvalue weighted by Gasteiger charge is 2.13. The van der Waals surface area contributed by atoms with E-state index in [4.69, 9.17) is 4.74 Å². The van der Waals surface area contributed by atoms with Crippen molar-refractivity contribution in [3.05, 3.63) is 30.3 Å². The number of aliphatic hydroxyl groups is 1. The zero-order chi connectivity index (χ0) is 14.1. The zero-order valence-electron chi connectivity index (χ0n) is 11.4. The van der Waals surface area contributed by atoms with Gasteiger partial charge in [-0.2, -0.15) is 0 Å². The number of likely N-dealkylation sites (N-methyl/N-ethyl adjacent to an activating group) is 1. The van der Waals surface area contributed by atoms with E-state index in [0.29, 0.717) is 13.1 Å². The first-order chi connectivity index (χ1) is 9.13. The van der Waals surface area contributed by atoms with E-state index in [1.165, 1.54) is 0 Å². The third kappa shape index (κ3) is 6.22. The van der Waals surface area contributed by atoms with Gasteiger partial charge in [-0.25, -0.2) is 0 Å². The molecule has 5 nitrogen and oxygen atoms in total. The molecular formula is C14H22N2O3. The van der Waals surface area contributed by atoms with Crippen molar-refractivity contribution in [1.82, 2.24) is 10.6 Å². The van der Waals surface area contributed by atoms with Gasteiger partial charge < -0.3 is 20.5 Å². The molecule has 1 aromatic carbocycles. The van der Waals surface area contributed by atoms with Gasteiger partial charge in [-0.3, -0.25) is 4.79 Å². The summed E-state index contributed by atoms with van der Waals surface area (Å²) in [4.78, 5) is 11.4. The van der Waals surface area contributed by atoms with Crippen LogP contribution < -0.4 is 15.4 Å². The van der Waals surface area contributed by atoms with Crippen LogP contribution in [0.25, 0.3) is 0 Å². The Labute approximate surface area is 114 Å². The minimum atomic E-state index is -0.655. The number of hydrogen-bond acceptors (Lipinski definition) is 4. The Bertz CT molecular complexity index is 370. The molecule has 0 saturated carbocycles. The van der Waals surface area contributed by atoms with E-state index < -0.39 is 6.10 Å². The van der Waals surface area contributed by atoms with Gasteiger partial charge >= 0.3 is 0 Å². The van der Waals surface area contributed by atoms with Crippen molar-refractivity contribution >= 4 is 5.91 Å². The molecule has 1 amide bonds. The normalized spacial score (nSPS) is 13.6. The first kappa shape index (κ1) is 15.5. The van der Waals surface area contributed by atoms with Gasteiger partial charge in [0, 0.05) is 13.1 Å². The van der Waals surface area contributed by atoms with Gasteiger partial charge in [0.05, 0.1) is 6.04 Å². The van der Waals surface area contributed by atoms with Crippen molar-refractivity contribution in [2.75, 3.05) is 19.7 Å². The number of amides is 1. The van der Waals surface area contributed by atoms with Gasteiger partial charge in [0.2, 0.25) is 5.91 Å². The molecule has 0 aliphatic heterocycles. The van der Waals surface area contributed by atoms with E-state index in [2.05, 4.69) is 10.6 Å². The summed E-state index contributed by atoms with van der Waals surface area (Å²) in [5.74, 6) is 0.650. The number of benzene rings is 1. The molecule has 19 heavy (non-hydrogen) atoms. The molecule has 0 fully saturated rings. The standard InChI is InChI=1S/C14H22N2O3/c1-3-15-14(18)11(2)16-9-12(17)10-19-13-7-5-4-6-8-13/h4-8,11-12,16-17H,3,9-10H2,1-2H3,(H,15,18). The summed E-state index contributed by atoms with van der Waals surface area (Å²) in [7, 11) is 0. The van der Waals surface area contributed by atoms with Crippen LogP contribution in [0.2, 0.25) is 0 Å². The number of rotatable bonds is 8. The van der Waals surface area contributed by atoms with Crippen LogP contribution in [0, 0.1) is 0 Å². The minimum Gasteiger partial charge on any atom is -0.491 e. The number of aliphatic hydroxyl groups excluding tert-OH is 1. The minimum absolute atomic E-state index is 0.0707. The van der Waals surface area contributed by atoms with E-state index >= 15 is 0 Å². The van der Waals surface area contributed by atoms with Crippen LogP contribution in [0.5, 0.6) is 5.75 Å². The second-order valence-electron chi connectivity index (χ2n) is 4.30. The Morgan fingerprint density at radius 1 is 1.37 bits per heavy atom. The average molecular weight is 266 g/mol. The monoisotopic (exact) mass is 266 g/mol. The molecule has 0 aromatic heterocycles. The van der Waals surface area contributed by atoms with Gasteiger partial charge in [-0.15, -0.1) is 0 Å². The second kappa shape index (κ2) is 8.50. The smallest absolute Gasteiger partial charge is 0.236 e. The zero-order valence-corrected chi connectivity index (χ0v) is 11.4. The predicted molar refractivity (Wildman–Crippen MR) is 74.1 cm³/mol. The number of para-hydroxylation sites is 1. The summed E-state index contributed by atoms with van der Waals surface area (Å²) in [5, 5.41) is 15.4. The lowest BCUT2D eigenvalue weighted by Crippen LogP contribution is -2.45. The van der Waals surface area contributed by atoms with E-state index in [1.54, 1.807) is 6.92 Å². The van der Waals surface area contributed by atoms with Crippen LogP contribution >= 0.6 is 0 Å². The lowest BCUT2D eigenvalue weighted by molar-refractivity contribution is -0.122. The lowest BCUT2D eigenvalue weighted by Gasteiger charge is -2.17. The first-order valence-electron chi connectivity index (χ1n) is 6.50. The van der Waals surface area contributed by atoms with Crippen LogP contribution in [0.1, 0.15) is 13.8 Å². The maximum absolute atomic E-state index is 11.4. The van der Waals surface area contributed by atoms with Crippen molar-refractivity contribution in [2.45, 2.75) is 26.0 Å². The molecule has 0 saturated heterocycles. The molecule has 0 aliphatic rings. The van der Waals surface area contributed by atoms with Gasteiger partial charge in [0.15, 0.2) is 0 Å². The maximum atomic E-state index is 11.4. The van der Waals surface area contributed by atoms with E-state index in [0.717, 1.165) is 5.75 Å². The molecule has 5 heteroatoms. The highest BCUT2D eigenvalue weighted by atomic mass is 16.5. The Morgan fingerprint density at radius 3 is 2.68 bits per heavy atom. The molecule has 0 heterocycles. The van der Waals surface area contributed by atoms with Crippen LogP contribution in [0.3, 0.4) is 0 Å². The van der Waals surface area contributed by atoms with Crippen LogP contribution in [0.4, 0.5) is 0 Å². The fourth-order valence-corrected chi connectivity index (χ4v) is 1.50. The molecule has 0 spiro atoms. The molecule has 0 radical (unpaired) electrons. The molecule has 0 bridgehead atoms. The Balaban J connectivity index is 2.21. The van der Waals surface area contributed by atoms with Gasteiger partial charge in [-0.05, 0) is 26.0 Å². The van der Waals surface area contributed by atoms with E-state index in [1.807, 2.05) is 37.3 Å². The van der Waals surface area contributed by atoms with Crippen molar-refractivity contribution in [3.63, 3.8) is 0 Å². The van der Waals surface area contributed by atoms with Crippen molar-refractivity contribution in [2.24, 2.45) is 0 Å². The van der Waals surface area contributed by atoms with Crippen LogP contribution in [-0.2, 0) is 4.79 Å². The van der Waals surface area contributed by atoms with Gasteiger partial charge in [-0.1, -0.05) is 18.2 Å². The summed E-state index contributed by atoms with van der Waals surface area (Å²) in [6, 6.07) is 8.98. The number of carbonyl (C=O) groups excluding carboxylic acids is 1. The third-order valence-electron chi connectivity index (χ3n) is 2.59. The Hall–Kier alpha value is -1.59. The molecule has 0 aliphatic carbocycles. The quantitative estimate of drug-likeness (QED) is 0.642. The number of nitrogens with one attached hydrogen (secondary N) is 2. The van der Waals surface area contributed by atoms with Gasteiger partial charge in [0.1, 0.15) is 18.5 Å². The van der Waals surface area contributed by atoms with Crippen LogP contribution in [0.15, 0.2) is 30.3 Å². The molecule has 2 unspecified atom stereocenters. The summed E-state index contributed by atoms with van der Waals surface area (Å²) >= 11 is 0. The van der Waals surface area contributed by atoms with Gasteiger partial charge in [0.25, 0.3) is 0 Å². The number of carbonyl (C=O) groups is 1.